The van der Waals surface area contributed by atoms with E-state index in [1.165, 1.54) is 12.1 Å². The fourth-order valence-electron chi connectivity index (χ4n) is 4.73. The second-order valence-corrected chi connectivity index (χ2v) is 10.8. The number of carbonyl (C=O) groups is 2. The summed E-state index contributed by atoms with van der Waals surface area (Å²) in [7, 11) is 6.02. The van der Waals surface area contributed by atoms with Crippen LogP contribution in [-0.2, 0) is 17.8 Å². The summed E-state index contributed by atoms with van der Waals surface area (Å²) >= 11 is 0. The molecule has 228 valence electrons. The third-order valence-corrected chi connectivity index (χ3v) is 6.97. The molecule has 1 amide bonds. The summed E-state index contributed by atoms with van der Waals surface area (Å²) < 4.78 is 32.8. The summed E-state index contributed by atoms with van der Waals surface area (Å²) in [4.78, 5) is 30.4. The Morgan fingerprint density at radius 2 is 1.74 bits per heavy atom. The van der Waals surface area contributed by atoms with Gasteiger partial charge in [-0.25, -0.2) is 8.78 Å². The average molecular weight is 594 g/mol. The summed E-state index contributed by atoms with van der Waals surface area (Å²) in [5.74, 6) is -1.18. The van der Waals surface area contributed by atoms with E-state index in [-0.39, 0.29) is 37.7 Å². The number of anilines is 2. The third kappa shape index (κ3) is 8.82. The summed E-state index contributed by atoms with van der Waals surface area (Å²) in [5.41, 5.74) is 2.81. The van der Waals surface area contributed by atoms with Crippen molar-refractivity contribution in [1.29, 1.82) is 0 Å². The van der Waals surface area contributed by atoms with Crippen molar-refractivity contribution in [2.45, 2.75) is 32.3 Å². The van der Waals surface area contributed by atoms with Gasteiger partial charge in [0.05, 0.1) is 5.52 Å². The van der Waals surface area contributed by atoms with E-state index in [0.29, 0.717) is 39.8 Å². The minimum absolute atomic E-state index is 0.0522. The molecule has 0 radical (unpaired) electrons. The van der Waals surface area contributed by atoms with Crippen LogP contribution < -0.4 is 15.0 Å². The highest BCUT2D eigenvalue weighted by Crippen LogP contribution is 2.28. The van der Waals surface area contributed by atoms with Gasteiger partial charge in [-0.15, -0.1) is 0 Å². The van der Waals surface area contributed by atoms with Crippen LogP contribution in [0.2, 0.25) is 0 Å². The van der Waals surface area contributed by atoms with Crippen LogP contribution in [0.3, 0.4) is 0 Å². The number of rotatable bonds is 15. The zero-order valence-electron chi connectivity index (χ0n) is 24.6. The number of benzene rings is 3. The molecular formula is C32H37F2N5O4. The van der Waals surface area contributed by atoms with E-state index in [4.69, 9.17) is 9.84 Å². The van der Waals surface area contributed by atoms with E-state index < -0.39 is 17.5 Å². The van der Waals surface area contributed by atoms with Gasteiger partial charge in [-0.3, -0.25) is 14.7 Å². The number of hydrogen-bond acceptors (Lipinski definition) is 7. The van der Waals surface area contributed by atoms with Crippen molar-refractivity contribution in [3.8, 4) is 5.75 Å². The Kier molecular flexibility index (Phi) is 10.8. The molecule has 9 nitrogen and oxygen atoms in total. The molecule has 3 N–H and O–H groups in total. The first kappa shape index (κ1) is 31.6. The minimum Gasteiger partial charge on any atom is -0.489 e. The number of halogens is 2. The molecule has 0 saturated carbocycles. The number of ketones is 1. The first-order valence-corrected chi connectivity index (χ1v) is 14.1. The lowest BCUT2D eigenvalue weighted by atomic mass is 9.98. The Labute approximate surface area is 249 Å². The number of carbonyl (C=O) groups excluding carboxylic acids is 2. The van der Waals surface area contributed by atoms with Crippen molar-refractivity contribution in [3.63, 3.8) is 0 Å². The van der Waals surface area contributed by atoms with Crippen molar-refractivity contribution in [2.75, 3.05) is 51.1 Å². The van der Waals surface area contributed by atoms with Crippen molar-refractivity contribution >= 4 is 34.1 Å². The fourth-order valence-corrected chi connectivity index (χ4v) is 4.73. The maximum Gasteiger partial charge on any atom is 0.257 e. The Morgan fingerprint density at radius 3 is 2.47 bits per heavy atom. The Balaban J connectivity index is 1.54. The van der Waals surface area contributed by atoms with Crippen molar-refractivity contribution in [2.24, 2.45) is 0 Å². The summed E-state index contributed by atoms with van der Waals surface area (Å²) in [6.07, 6.45) is 1.59. The van der Waals surface area contributed by atoms with Crippen molar-refractivity contribution < 1.29 is 28.2 Å². The second-order valence-electron chi connectivity index (χ2n) is 10.8. The molecule has 1 aromatic heterocycles. The van der Waals surface area contributed by atoms with E-state index in [1.807, 2.05) is 33.3 Å². The number of Topliss-reactive ketones (excluding diaryl/α,β-unsaturated/α-hetero) is 1. The number of ether oxygens (including phenoxy) is 1. The van der Waals surface area contributed by atoms with Gasteiger partial charge >= 0.3 is 0 Å². The molecule has 0 fully saturated rings. The van der Waals surface area contributed by atoms with Crippen LogP contribution in [0.25, 0.3) is 10.9 Å². The molecule has 4 rings (SSSR count). The lowest BCUT2D eigenvalue weighted by Gasteiger charge is -2.22. The molecule has 0 saturated heterocycles. The number of aromatic amines is 1. The Morgan fingerprint density at radius 1 is 0.977 bits per heavy atom. The number of fused-ring (bicyclic) bond motifs is 1. The minimum atomic E-state index is -0.688. The molecule has 0 aliphatic rings. The molecule has 11 heteroatoms. The SMILES string of the molecule is CN(C)CCCN(C)c1ccc(C(=O)Nc2n[nH]c3ccc(OCc4cc(F)cc(F)c4)cc23)c(CC(=O)CCCO)c1. The van der Waals surface area contributed by atoms with Crippen LogP contribution in [0.4, 0.5) is 20.3 Å². The number of aromatic nitrogens is 2. The summed E-state index contributed by atoms with van der Waals surface area (Å²) in [6.45, 7) is 1.61. The lowest BCUT2D eigenvalue weighted by Crippen LogP contribution is -2.24. The highest BCUT2D eigenvalue weighted by Gasteiger charge is 2.19. The Bertz CT molecular complexity index is 1550. The van der Waals surface area contributed by atoms with E-state index in [2.05, 4.69) is 25.3 Å². The van der Waals surface area contributed by atoms with Crippen LogP contribution in [0.15, 0.2) is 54.6 Å². The maximum atomic E-state index is 13.5. The molecule has 0 aliphatic heterocycles. The normalized spacial score (nSPS) is 11.2. The van der Waals surface area contributed by atoms with Gasteiger partial charge in [-0.2, -0.15) is 5.10 Å². The van der Waals surface area contributed by atoms with Gasteiger partial charge in [0.2, 0.25) is 0 Å². The first-order chi connectivity index (χ1) is 20.6. The van der Waals surface area contributed by atoms with Crippen LogP contribution in [0.5, 0.6) is 5.75 Å². The topological polar surface area (TPSA) is 111 Å². The lowest BCUT2D eigenvalue weighted by molar-refractivity contribution is -0.118. The standard InChI is InChI=1S/C32H37F2N5O4/c1-38(2)11-5-12-39(3)25-7-9-28(22(16-25)17-26(41)6-4-13-40)32(42)35-31-29-19-27(8-10-30(29)36-37-31)43-20-21-14-23(33)18-24(34)15-21/h7-10,14-16,18-19,40H,4-6,11-13,17,20H2,1-3H3,(H2,35,36,37,42). The molecule has 0 atom stereocenters. The highest BCUT2D eigenvalue weighted by molar-refractivity contribution is 6.09. The molecule has 0 aliphatic carbocycles. The van der Waals surface area contributed by atoms with Crippen LogP contribution in [-0.4, -0.2) is 72.7 Å². The zero-order chi connectivity index (χ0) is 30.9. The smallest absolute Gasteiger partial charge is 0.257 e. The van der Waals surface area contributed by atoms with Gasteiger partial charge in [0.1, 0.15) is 29.8 Å². The number of aliphatic hydroxyl groups is 1. The summed E-state index contributed by atoms with van der Waals surface area (Å²) in [5, 5.41) is 19.7. The van der Waals surface area contributed by atoms with Crippen molar-refractivity contribution in [1.82, 2.24) is 15.1 Å². The molecule has 0 unspecified atom stereocenters. The monoisotopic (exact) mass is 593 g/mol. The van der Waals surface area contributed by atoms with Gasteiger partial charge in [-0.1, -0.05) is 0 Å². The van der Waals surface area contributed by atoms with Gasteiger partial charge in [0.15, 0.2) is 5.82 Å². The number of nitrogens with zero attached hydrogens (tertiary/aromatic N) is 3. The second kappa shape index (κ2) is 14.7. The average Bonchev–Trinajstić information content (AvgIpc) is 3.35. The molecular weight excluding hydrogens is 556 g/mol. The van der Waals surface area contributed by atoms with Gasteiger partial charge < -0.3 is 25.0 Å². The fraction of sp³-hybridized carbons (Fsp3) is 0.344. The molecule has 3 aromatic carbocycles. The van der Waals surface area contributed by atoms with Gasteiger partial charge in [0, 0.05) is 55.7 Å². The number of hydrogen-bond donors (Lipinski definition) is 3. The van der Waals surface area contributed by atoms with E-state index in [9.17, 15) is 18.4 Å². The van der Waals surface area contributed by atoms with E-state index >= 15 is 0 Å². The molecule has 43 heavy (non-hydrogen) atoms. The largest absolute Gasteiger partial charge is 0.489 e. The molecule has 0 spiro atoms. The predicted octanol–water partition coefficient (Wildman–Crippen LogP) is 4.94. The molecule has 1 heterocycles. The van der Waals surface area contributed by atoms with E-state index in [0.717, 1.165) is 31.3 Å². The van der Waals surface area contributed by atoms with Crippen LogP contribution >= 0.6 is 0 Å². The molecule has 0 bridgehead atoms. The quantitative estimate of drug-likeness (QED) is 0.179. The first-order valence-electron chi connectivity index (χ1n) is 14.1. The third-order valence-electron chi connectivity index (χ3n) is 6.97. The van der Waals surface area contributed by atoms with Gasteiger partial charge in [0.25, 0.3) is 5.91 Å². The van der Waals surface area contributed by atoms with Crippen molar-refractivity contribution in [3.05, 3.63) is 82.9 Å². The number of aliphatic hydroxyl groups excluding tert-OH is 1. The predicted molar refractivity (Wildman–Crippen MR) is 163 cm³/mol. The number of H-pyrrole nitrogens is 1. The maximum absolute atomic E-state index is 13.5. The van der Waals surface area contributed by atoms with Crippen LogP contribution in [0, 0.1) is 11.6 Å². The number of amides is 1. The zero-order valence-corrected chi connectivity index (χ0v) is 24.6. The molecule has 4 aromatic rings. The van der Waals surface area contributed by atoms with Crippen LogP contribution in [0.1, 0.15) is 40.7 Å². The summed E-state index contributed by atoms with van der Waals surface area (Å²) in [6, 6.07) is 13.7. The van der Waals surface area contributed by atoms with Gasteiger partial charge in [-0.05, 0) is 93.1 Å². The van der Waals surface area contributed by atoms with E-state index in [1.54, 1.807) is 24.3 Å². The Hall–Kier alpha value is -4.35. The number of nitrogens with one attached hydrogen (secondary N) is 2. The highest BCUT2D eigenvalue weighted by atomic mass is 19.1.